The summed E-state index contributed by atoms with van der Waals surface area (Å²) in [7, 11) is 1.67. The van der Waals surface area contributed by atoms with E-state index in [9.17, 15) is 0 Å². The Kier molecular flexibility index (Phi) is 4.79. The summed E-state index contributed by atoms with van der Waals surface area (Å²) in [5.74, 6) is 0.866. The van der Waals surface area contributed by atoms with Gasteiger partial charge < -0.3 is 14.2 Å². The summed E-state index contributed by atoms with van der Waals surface area (Å²) in [6.07, 6.45) is 4.46. The van der Waals surface area contributed by atoms with Gasteiger partial charge in [0.1, 0.15) is 5.75 Å². The van der Waals surface area contributed by atoms with E-state index >= 15 is 0 Å². The van der Waals surface area contributed by atoms with Gasteiger partial charge in [-0.25, -0.2) is 0 Å². The standard InChI is InChI=1S/C15H20O3/c1-3-13(8-9-15-11-18-15)17-10-12-4-6-14(16-2)7-5-12/h3-7,13,15H,1,8-11H2,2H3/t13-,15-/m1/s1. The number of ether oxygens (including phenoxy) is 3. The Morgan fingerprint density at radius 1 is 1.44 bits per heavy atom. The molecule has 1 heterocycles. The first-order chi connectivity index (χ1) is 8.81. The minimum absolute atomic E-state index is 0.108. The van der Waals surface area contributed by atoms with Crippen molar-refractivity contribution in [1.82, 2.24) is 0 Å². The van der Waals surface area contributed by atoms with Gasteiger partial charge in [-0.05, 0) is 30.5 Å². The van der Waals surface area contributed by atoms with Crippen molar-refractivity contribution in [1.29, 1.82) is 0 Å². The van der Waals surface area contributed by atoms with E-state index in [2.05, 4.69) is 6.58 Å². The normalized spacial score (nSPS) is 19.3. The molecule has 1 fully saturated rings. The van der Waals surface area contributed by atoms with Crippen LogP contribution in [0.3, 0.4) is 0 Å². The quantitative estimate of drug-likeness (QED) is 0.523. The van der Waals surface area contributed by atoms with Crippen LogP contribution in [0.5, 0.6) is 5.75 Å². The molecule has 0 saturated carbocycles. The summed E-state index contributed by atoms with van der Waals surface area (Å²) in [5, 5.41) is 0. The molecule has 2 rings (SSSR count). The Labute approximate surface area is 108 Å². The molecule has 2 atom stereocenters. The maximum Gasteiger partial charge on any atom is 0.118 e. The fraction of sp³-hybridized carbons (Fsp3) is 0.467. The van der Waals surface area contributed by atoms with Crippen LogP contribution in [0.4, 0.5) is 0 Å². The minimum atomic E-state index is 0.108. The van der Waals surface area contributed by atoms with Crippen LogP contribution < -0.4 is 4.74 Å². The van der Waals surface area contributed by atoms with E-state index in [1.807, 2.05) is 30.3 Å². The molecule has 98 valence electrons. The minimum Gasteiger partial charge on any atom is -0.497 e. The van der Waals surface area contributed by atoms with Crippen molar-refractivity contribution in [3.8, 4) is 5.75 Å². The lowest BCUT2D eigenvalue weighted by atomic mass is 10.1. The van der Waals surface area contributed by atoms with Crippen LogP contribution in [0.15, 0.2) is 36.9 Å². The van der Waals surface area contributed by atoms with Gasteiger partial charge >= 0.3 is 0 Å². The van der Waals surface area contributed by atoms with Crippen LogP contribution in [-0.4, -0.2) is 25.9 Å². The lowest BCUT2D eigenvalue weighted by molar-refractivity contribution is 0.0639. The second kappa shape index (κ2) is 6.57. The Morgan fingerprint density at radius 2 is 2.17 bits per heavy atom. The van der Waals surface area contributed by atoms with E-state index in [0.717, 1.165) is 30.8 Å². The molecule has 1 aromatic rings. The molecule has 0 aliphatic carbocycles. The molecule has 3 nitrogen and oxygen atoms in total. The third-order valence-corrected chi connectivity index (χ3v) is 3.06. The molecule has 0 amide bonds. The molecule has 0 radical (unpaired) electrons. The number of hydrogen-bond acceptors (Lipinski definition) is 3. The van der Waals surface area contributed by atoms with Crippen LogP contribution in [-0.2, 0) is 16.1 Å². The Balaban J connectivity index is 1.74. The third-order valence-electron chi connectivity index (χ3n) is 3.06. The highest BCUT2D eigenvalue weighted by Gasteiger charge is 2.23. The molecule has 18 heavy (non-hydrogen) atoms. The van der Waals surface area contributed by atoms with Crippen LogP contribution in [0.2, 0.25) is 0 Å². The second-order valence-corrected chi connectivity index (χ2v) is 4.47. The molecule has 1 aromatic carbocycles. The van der Waals surface area contributed by atoms with E-state index < -0.39 is 0 Å². The van der Waals surface area contributed by atoms with Crippen molar-refractivity contribution < 1.29 is 14.2 Å². The summed E-state index contributed by atoms with van der Waals surface area (Å²) >= 11 is 0. The maximum absolute atomic E-state index is 5.81. The SMILES string of the molecule is C=C[C@H](CC[C@@H]1CO1)OCc1ccc(OC)cc1. The van der Waals surface area contributed by atoms with E-state index in [1.165, 1.54) is 0 Å². The molecule has 1 saturated heterocycles. The van der Waals surface area contributed by atoms with Gasteiger partial charge in [-0.15, -0.1) is 6.58 Å². The highest BCUT2D eigenvalue weighted by Crippen LogP contribution is 2.19. The number of benzene rings is 1. The zero-order valence-corrected chi connectivity index (χ0v) is 10.8. The molecule has 0 aromatic heterocycles. The van der Waals surface area contributed by atoms with Gasteiger partial charge in [0.15, 0.2) is 0 Å². The van der Waals surface area contributed by atoms with Gasteiger partial charge in [0, 0.05) is 0 Å². The average Bonchev–Trinajstić information content (AvgIpc) is 3.24. The van der Waals surface area contributed by atoms with Crippen molar-refractivity contribution in [2.24, 2.45) is 0 Å². The third kappa shape index (κ3) is 4.17. The van der Waals surface area contributed by atoms with Gasteiger partial charge in [-0.2, -0.15) is 0 Å². The lowest BCUT2D eigenvalue weighted by Crippen LogP contribution is -2.10. The molecule has 0 spiro atoms. The summed E-state index contributed by atoms with van der Waals surface area (Å²) in [6.45, 7) is 5.32. The van der Waals surface area contributed by atoms with Crippen molar-refractivity contribution >= 4 is 0 Å². The molecular weight excluding hydrogens is 228 g/mol. The van der Waals surface area contributed by atoms with Gasteiger partial charge in [0.25, 0.3) is 0 Å². The van der Waals surface area contributed by atoms with Gasteiger partial charge in [-0.1, -0.05) is 18.2 Å². The number of rotatable bonds is 8. The van der Waals surface area contributed by atoms with E-state index in [4.69, 9.17) is 14.2 Å². The zero-order chi connectivity index (χ0) is 12.8. The Bertz CT molecular complexity index is 368. The first-order valence-corrected chi connectivity index (χ1v) is 6.30. The smallest absolute Gasteiger partial charge is 0.118 e. The fourth-order valence-corrected chi connectivity index (χ4v) is 1.78. The predicted molar refractivity (Wildman–Crippen MR) is 70.7 cm³/mol. The first-order valence-electron chi connectivity index (χ1n) is 6.30. The van der Waals surface area contributed by atoms with Crippen LogP contribution in [0.25, 0.3) is 0 Å². The van der Waals surface area contributed by atoms with Gasteiger partial charge in [0.05, 0.1) is 32.5 Å². The topological polar surface area (TPSA) is 31.0 Å². The zero-order valence-electron chi connectivity index (χ0n) is 10.8. The van der Waals surface area contributed by atoms with Crippen molar-refractivity contribution in [2.45, 2.75) is 31.7 Å². The fourth-order valence-electron chi connectivity index (χ4n) is 1.78. The van der Waals surface area contributed by atoms with Gasteiger partial charge in [0.2, 0.25) is 0 Å². The molecular formula is C15H20O3. The second-order valence-electron chi connectivity index (χ2n) is 4.47. The van der Waals surface area contributed by atoms with Crippen molar-refractivity contribution in [2.75, 3.05) is 13.7 Å². The number of hydrogen-bond donors (Lipinski definition) is 0. The molecule has 0 unspecified atom stereocenters. The van der Waals surface area contributed by atoms with Gasteiger partial charge in [-0.3, -0.25) is 0 Å². The first kappa shape index (κ1) is 13.1. The van der Waals surface area contributed by atoms with Crippen LogP contribution in [0.1, 0.15) is 18.4 Å². The summed E-state index contributed by atoms with van der Waals surface area (Å²) in [6, 6.07) is 7.92. The molecule has 1 aliphatic heterocycles. The number of epoxide rings is 1. The maximum atomic E-state index is 5.81. The molecule has 0 bridgehead atoms. The van der Waals surface area contributed by atoms with E-state index in [-0.39, 0.29) is 6.10 Å². The highest BCUT2D eigenvalue weighted by molar-refractivity contribution is 5.26. The van der Waals surface area contributed by atoms with Crippen LogP contribution >= 0.6 is 0 Å². The number of methoxy groups -OCH3 is 1. The van der Waals surface area contributed by atoms with Crippen LogP contribution in [0, 0.1) is 0 Å². The van der Waals surface area contributed by atoms with E-state index in [1.54, 1.807) is 7.11 Å². The molecule has 0 N–H and O–H groups in total. The Morgan fingerprint density at radius 3 is 2.72 bits per heavy atom. The summed E-state index contributed by atoms with van der Waals surface area (Å²) < 4.78 is 16.1. The Hall–Kier alpha value is -1.32. The highest BCUT2D eigenvalue weighted by atomic mass is 16.6. The van der Waals surface area contributed by atoms with E-state index in [0.29, 0.717) is 12.7 Å². The summed E-state index contributed by atoms with van der Waals surface area (Å²) in [4.78, 5) is 0. The average molecular weight is 248 g/mol. The predicted octanol–water partition coefficient (Wildman–Crippen LogP) is 2.95. The molecule has 3 heteroatoms. The lowest BCUT2D eigenvalue weighted by Gasteiger charge is -2.13. The monoisotopic (exact) mass is 248 g/mol. The molecule has 1 aliphatic rings. The summed E-state index contributed by atoms with van der Waals surface area (Å²) in [5.41, 5.74) is 1.14. The van der Waals surface area contributed by atoms with Crippen molar-refractivity contribution in [3.63, 3.8) is 0 Å². The largest absolute Gasteiger partial charge is 0.497 e. The van der Waals surface area contributed by atoms with Crippen molar-refractivity contribution in [3.05, 3.63) is 42.5 Å².